The number of hydrogen-bond acceptors (Lipinski definition) is 4. The number of H-pyrrole nitrogens is 1. The Hall–Kier alpha value is -3.49. The number of nitrogens with one attached hydrogen (secondary N) is 3. The van der Waals surface area contributed by atoms with Crippen molar-refractivity contribution in [1.82, 2.24) is 10.3 Å². The van der Waals surface area contributed by atoms with Crippen LogP contribution in [0.15, 0.2) is 77.8 Å². The Labute approximate surface area is 196 Å². The van der Waals surface area contributed by atoms with E-state index in [0.29, 0.717) is 23.7 Å². The monoisotopic (exact) mass is 483 g/mol. The highest BCUT2D eigenvalue weighted by molar-refractivity contribution is 7.92. The number of fused-ring (bicyclic) bond motifs is 1. The first-order valence-electron chi connectivity index (χ1n) is 10.2. The number of rotatable bonds is 8. The van der Waals surface area contributed by atoms with Crippen LogP contribution >= 0.6 is 11.6 Å². The minimum atomic E-state index is -3.97. The molecule has 0 saturated heterocycles. The summed E-state index contributed by atoms with van der Waals surface area (Å²) in [4.78, 5) is 15.8. The van der Waals surface area contributed by atoms with Crippen molar-refractivity contribution in [1.29, 1.82) is 0 Å². The summed E-state index contributed by atoms with van der Waals surface area (Å²) in [6.45, 7) is 0.412. The van der Waals surface area contributed by atoms with Crippen LogP contribution in [0.1, 0.15) is 15.9 Å². The number of ether oxygens (including phenoxy) is 1. The van der Waals surface area contributed by atoms with Crippen molar-refractivity contribution in [2.75, 3.05) is 18.4 Å². The van der Waals surface area contributed by atoms with Crippen LogP contribution in [0.4, 0.5) is 5.69 Å². The Morgan fingerprint density at radius 2 is 1.88 bits per heavy atom. The van der Waals surface area contributed by atoms with E-state index in [1.165, 1.54) is 31.4 Å². The molecule has 1 heterocycles. The summed E-state index contributed by atoms with van der Waals surface area (Å²) in [5.41, 5.74) is 2.59. The molecule has 4 rings (SSSR count). The van der Waals surface area contributed by atoms with Gasteiger partial charge in [0.1, 0.15) is 5.75 Å². The van der Waals surface area contributed by atoms with Crippen molar-refractivity contribution in [3.8, 4) is 5.75 Å². The molecule has 0 fully saturated rings. The lowest BCUT2D eigenvalue weighted by Crippen LogP contribution is -2.26. The minimum absolute atomic E-state index is 0.0474. The van der Waals surface area contributed by atoms with Crippen LogP contribution in [0.25, 0.3) is 10.9 Å². The SMILES string of the molecule is COc1ccc(Cl)cc1NS(=O)(=O)c1cccc(C(=O)NCCc2c[nH]c3ccccc23)c1. The lowest BCUT2D eigenvalue weighted by Gasteiger charge is -2.13. The van der Waals surface area contributed by atoms with E-state index in [9.17, 15) is 13.2 Å². The van der Waals surface area contributed by atoms with Crippen LogP contribution in [0.5, 0.6) is 5.75 Å². The largest absolute Gasteiger partial charge is 0.495 e. The van der Waals surface area contributed by atoms with Gasteiger partial charge in [0.2, 0.25) is 0 Å². The van der Waals surface area contributed by atoms with Crippen molar-refractivity contribution >= 4 is 44.1 Å². The van der Waals surface area contributed by atoms with Crippen LogP contribution in [-0.2, 0) is 16.4 Å². The van der Waals surface area contributed by atoms with Gasteiger partial charge in [-0.2, -0.15) is 0 Å². The fraction of sp³-hybridized carbons (Fsp3) is 0.125. The molecular formula is C24H22ClN3O4S. The molecule has 0 saturated carbocycles. The predicted molar refractivity (Wildman–Crippen MR) is 130 cm³/mol. The van der Waals surface area contributed by atoms with Gasteiger partial charge in [-0.25, -0.2) is 8.42 Å². The number of halogens is 1. The van der Waals surface area contributed by atoms with Gasteiger partial charge in [0.25, 0.3) is 15.9 Å². The standard InChI is InChI=1S/C24H22ClN3O4S/c1-32-23-10-9-18(25)14-22(23)28-33(30,31)19-6-4-5-16(13-19)24(29)26-12-11-17-15-27-21-8-3-2-7-20(17)21/h2-10,13-15,27-28H,11-12H2,1H3,(H,26,29). The summed E-state index contributed by atoms with van der Waals surface area (Å²) in [7, 11) is -2.54. The maximum Gasteiger partial charge on any atom is 0.262 e. The molecule has 0 atom stereocenters. The number of hydrogen-bond donors (Lipinski definition) is 3. The second-order valence-electron chi connectivity index (χ2n) is 7.34. The smallest absolute Gasteiger partial charge is 0.262 e. The maximum atomic E-state index is 12.9. The average molecular weight is 484 g/mol. The molecule has 0 aliphatic heterocycles. The fourth-order valence-corrected chi connectivity index (χ4v) is 4.80. The molecule has 0 spiro atoms. The van der Waals surface area contributed by atoms with Gasteiger partial charge in [-0.3, -0.25) is 9.52 Å². The zero-order chi connectivity index (χ0) is 23.4. The van der Waals surface area contributed by atoms with E-state index in [2.05, 4.69) is 15.0 Å². The number of aromatic nitrogens is 1. The number of carbonyl (C=O) groups is 1. The number of benzene rings is 3. The Bertz CT molecular complexity index is 1420. The minimum Gasteiger partial charge on any atom is -0.495 e. The van der Waals surface area contributed by atoms with E-state index in [4.69, 9.17) is 16.3 Å². The molecule has 1 amide bonds. The first-order chi connectivity index (χ1) is 15.9. The van der Waals surface area contributed by atoms with E-state index >= 15 is 0 Å². The predicted octanol–water partition coefficient (Wildman–Crippen LogP) is 4.60. The van der Waals surface area contributed by atoms with Gasteiger partial charge >= 0.3 is 0 Å². The molecule has 7 nitrogen and oxygen atoms in total. The Morgan fingerprint density at radius 1 is 1.06 bits per heavy atom. The lowest BCUT2D eigenvalue weighted by atomic mass is 10.1. The van der Waals surface area contributed by atoms with Crippen LogP contribution < -0.4 is 14.8 Å². The third-order valence-electron chi connectivity index (χ3n) is 5.17. The Kier molecular flexibility index (Phi) is 6.57. The maximum absolute atomic E-state index is 12.9. The number of anilines is 1. The molecule has 3 N–H and O–H groups in total. The molecule has 0 aliphatic carbocycles. The number of para-hydroxylation sites is 1. The highest BCUT2D eigenvalue weighted by Gasteiger charge is 2.19. The number of aromatic amines is 1. The zero-order valence-corrected chi connectivity index (χ0v) is 19.3. The summed E-state index contributed by atoms with van der Waals surface area (Å²) in [6.07, 6.45) is 2.57. The van der Waals surface area contributed by atoms with Crippen LogP contribution in [0, 0.1) is 0 Å². The molecule has 0 bridgehead atoms. The summed E-state index contributed by atoms with van der Waals surface area (Å²) < 4.78 is 33.5. The second kappa shape index (κ2) is 9.56. The Morgan fingerprint density at radius 3 is 2.70 bits per heavy atom. The van der Waals surface area contributed by atoms with Gasteiger partial charge in [0, 0.05) is 34.2 Å². The molecule has 0 unspecified atom stereocenters. The van der Waals surface area contributed by atoms with Gasteiger partial charge in [-0.15, -0.1) is 0 Å². The summed E-state index contributed by atoms with van der Waals surface area (Å²) >= 11 is 5.99. The topological polar surface area (TPSA) is 100 Å². The molecule has 4 aromatic rings. The first kappa shape index (κ1) is 22.7. The number of carbonyl (C=O) groups excluding carboxylic acids is 1. The van der Waals surface area contributed by atoms with Gasteiger partial charge in [0.05, 0.1) is 17.7 Å². The van der Waals surface area contributed by atoms with Crippen LogP contribution in [0.3, 0.4) is 0 Å². The van der Waals surface area contributed by atoms with Gasteiger partial charge in [-0.05, 0) is 54.4 Å². The van der Waals surface area contributed by atoms with Gasteiger partial charge < -0.3 is 15.0 Å². The number of sulfonamides is 1. The van der Waals surface area contributed by atoms with Gasteiger partial charge in [-0.1, -0.05) is 35.9 Å². The van der Waals surface area contributed by atoms with Crippen molar-refractivity contribution < 1.29 is 17.9 Å². The molecular weight excluding hydrogens is 462 g/mol. The van der Waals surface area contributed by atoms with E-state index in [1.807, 2.05) is 30.5 Å². The van der Waals surface area contributed by atoms with Crippen molar-refractivity contribution in [3.63, 3.8) is 0 Å². The molecule has 1 aromatic heterocycles. The van der Waals surface area contributed by atoms with Gasteiger partial charge in [0.15, 0.2) is 0 Å². The average Bonchev–Trinajstić information content (AvgIpc) is 3.22. The van der Waals surface area contributed by atoms with Crippen molar-refractivity contribution in [2.24, 2.45) is 0 Å². The summed E-state index contributed by atoms with van der Waals surface area (Å²) in [6, 6.07) is 18.4. The first-order valence-corrected chi connectivity index (χ1v) is 12.0. The molecule has 3 aromatic carbocycles. The van der Waals surface area contributed by atoms with Crippen LogP contribution in [-0.4, -0.2) is 33.0 Å². The van der Waals surface area contributed by atoms with E-state index < -0.39 is 10.0 Å². The molecule has 170 valence electrons. The summed E-state index contributed by atoms with van der Waals surface area (Å²) in [5, 5.41) is 4.32. The number of amides is 1. The normalized spacial score (nSPS) is 11.3. The van der Waals surface area contributed by atoms with E-state index in [1.54, 1.807) is 18.2 Å². The molecule has 0 aliphatic rings. The quantitative estimate of drug-likeness (QED) is 0.341. The molecule has 9 heteroatoms. The second-order valence-corrected chi connectivity index (χ2v) is 9.46. The van der Waals surface area contributed by atoms with Crippen molar-refractivity contribution in [2.45, 2.75) is 11.3 Å². The molecule has 0 radical (unpaired) electrons. The molecule has 33 heavy (non-hydrogen) atoms. The van der Waals surface area contributed by atoms with E-state index in [0.717, 1.165) is 16.5 Å². The van der Waals surface area contributed by atoms with E-state index in [-0.39, 0.29) is 22.1 Å². The fourth-order valence-electron chi connectivity index (χ4n) is 3.52. The third kappa shape index (κ3) is 5.13. The van der Waals surface area contributed by atoms with Crippen molar-refractivity contribution in [3.05, 3.63) is 89.1 Å². The highest BCUT2D eigenvalue weighted by atomic mass is 35.5. The number of methoxy groups -OCH3 is 1. The summed E-state index contributed by atoms with van der Waals surface area (Å²) in [5.74, 6) is -0.0265. The highest BCUT2D eigenvalue weighted by Crippen LogP contribution is 2.30. The lowest BCUT2D eigenvalue weighted by molar-refractivity contribution is 0.0954. The third-order valence-corrected chi connectivity index (χ3v) is 6.77. The van der Waals surface area contributed by atoms with Crippen LogP contribution in [0.2, 0.25) is 5.02 Å². The Balaban J connectivity index is 1.45. The zero-order valence-electron chi connectivity index (χ0n) is 17.8.